The highest BCUT2D eigenvalue weighted by molar-refractivity contribution is 7.99. The monoisotopic (exact) mass is 237 g/mol. The van der Waals surface area contributed by atoms with Crippen molar-refractivity contribution in [1.29, 1.82) is 0 Å². The van der Waals surface area contributed by atoms with Gasteiger partial charge in [0, 0.05) is 24.2 Å². The van der Waals surface area contributed by atoms with Crippen molar-refractivity contribution in [3.8, 4) is 0 Å². The second-order valence-electron chi connectivity index (χ2n) is 3.78. The number of amides is 1. The lowest BCUT2D eigenvalue weighted by molar-refractivity contribution is -0.115. The van der Waals surface area contributed by atoms with Crippen LogP contribution in [0.5, 0.6) is 0 Å². The fourth-order valence-electron chi connectivity index (χ4n) is 1.63. The molecule has 3 nitrogen and oxygen atoms in total. The number of fused-ring (bicyclic) bond motifs is 1. The molecule has 1 aliphatic rings. The highest BCUT2D eigenvalue weighted by Gasteiger charge is 2.14. The van der Waals surface area contributed by atoms with Crippen LogP contribution in [0.2, 0.25) is 0 Å². The number of benzene rings is 1. The van der Waals surface area contributed by atoms with Crippen molar-refractivity contribution in [3.63, 3.8) is 0 Å². The maximum absolute atomic E-state index is 11.4. The van der Waals surface area contributed by atoms with Crippen molar-refractivity contribution in [2.75, 3.05) is 18.2 Å². The quantitative estimate of drug-likeness (QED) is 0.859. The highest BCUT2D eigenvalue weighted by Crippen LogP contribution is 2.33. The van der Waals surface area contributed by atoms with E-state index < -0.39 is 0 Å². The van der Waals surface area contributed by atoms with Crippen LogP contribution in [0, 0.1) is 0 Å². The zero-order valence-corrected chi connectivity index (χ0v) is 10.3. The van der Waals surface area contributed by atoms with Crippen molar-refractivity contribution >= 4 is 23.4 Å². The third-order valence-electron chi connectivity index (χ3n) is 2.69. The Morgan fingerprint density at radius 1 is 1.50 bits per heavy atom. The van der Waals surface area contributed by atoms with E-state index in [1.54, 1.807) is 18.9 Å². The molecular formula is C12H15NO2S. The molecule has 1 amide bonds. The second-order valence-corrected chi connectivity index (χ2v) is 4.92. The fraction of sp³-hybridized carbons (Fsp3) is 0.417. The van der Waals surface area contributed by atoms with Gasteiger partial charge in [-0.3, -0.25) is 4.79 Å². The molecule has 1 unspecified atom stereocenters. The molecule has 0 bridgehead atoms. The van der Waals surface area contributed by atoms with Crippen LogP contribution in [-0.4, -0.2) is 18.8 Å². The summed E-state index contributed by atoms with van der Waals surface area (Å²) in [5.41, 5.74) is 2.00. The summed E-state index contributed by atoms with van der Waals surface area (Å²) in [4.78, 5) is 12.6. The molecule has 4 heteroatoms. The molecule has 0 saturated carbocycles. The molecule has 0 saturated heterocycles. The Hall–Kier alpha value is -1.000. The van der Waals surface area contributed by atoms with Gasteiger partial charge in [0.05, 0.1) is 11.8 Å². The minimum Gasteiger partial charge on any atom is -0.377 e. The SMILES string of the molecule is COC(C)c1ccc2c(c1)NC(=O)CCS2. The largest absolute Gasteiger partial charge is 0.377 e. The van der Waals surface area contributed by atoms with Gasteiger partial charge in [0.25, 0.3) is 0 Å². The zero-order chi connectivity index (χ0) is 11.5. The molecule has 1 aromatic rings. The van der Waals surface area contributed by atoms with Crippen LogP contribution in [0.4, 0.5) is 5.69 Å². The van der Waals surface area contributed by atoms with E-state index in [0.29, 0.717) is 6.42 Å². The third kappa shape index (κ3) is 2.39. The fourth-order valence-corrected chi connectivity index (χ4v) is 2.56. The number of ether oxygens (including phenoxy) is 1. The molecular weight excluding hydrogens is 222 g/mol. The lowest BCUT2D eigenvalue weighted by Crippen LogP contribution is -2.10. The van der Waals surface area contributed by atoms with E-state index in [1.807, 2.05) is 13.0 Å². The van der Waals surface area contributed by atoms with Crippen molar-refractivity contribution in [3.05, 3.63) is 23.8 Å². The summed E-state index contributed by atoms with van der Waals surface area (Å²) in [5, 5.41) is 2.93. The van der Waals surface area contributed by atoms with Crippen molar-refractivity contribution in [2.24, 2.45) is 0 Å². The number of hydrogen-bond donors (Lipinski definition) is 1. The van der Waals surface area contributed by atoms with Gasteiger partial charge in [-0.1, -0.05) is 6.07 Å². The number of thioether (sulfide) groups is 1. The molecule has 1 aromatic carbocycles. The first-order chi connectivity index (χ1) is 7.70. The van der Waals surface area contributed by atoms with E-state index in [0.717, 1.165) is 21.9 Å². The Morgan fingerprint density at radius 3 is 3.06 bits per heavy atom. The Balaban J connectivity index is 2.32. The highest BCUT2D eigenvalue weighted by atomic mass is 32.2. The summed E-state index contributed by atoms with van der Waals surface area (Å²) in [7, 11) is 1.68. The van der Waals surface area contributed by atoms with Crippen LogP contribution in [0.3, 0.4) is 0 Å². The second kappa shape index (κ2) is 4.89. The average Bonchev–Trinajstić information content (AvgIpc) is 2.47. The molecule has 0 aliphatic carbocycles. The van der Waals surface area contributed by atoms with E-state index in [1.165, 1.54) is 0 Å². The molecule has 1 aliphatic heterocycles. The van der Waals surface area contributed by atoms with E-state index in [-0.39, 0.29) is 12.0 Å². The van der Waals surface area contributed by atoms with Crippen LogP contribution < -0.4 is 5.32 Å². The molecule has 0 fully saturated rings. The maximum Gasteiger partial charge on any atom is 0.225 e. The first-order valence-corrected chi connectivity index (χ1v) is 6.28. The van der Waals surface area contributed by atoms with E-state index >= 15 is 0 Å². The minimum absolute atomic E-state index is 0.0513. The predicted octanol–water partition coefficient (Wildman–Crippen LogP) is 2.83. The number of hydrogen-bond acceptors (Lipinski definition) is 3. The van der Waals surface area contributed by atoms with Crippen LogP contribution in [0.15, 0.2) is 23.1 Å². The number of nitrogens with one attached hydrogen (secondary N) is 1. The van der Waals surface area contributed by atoms with Crippen molar-refractivity contribution < 1.29 is 9.53 Å². The summed E-state index contributed by atoms with van der Waals surface area (Å²) in [6, 6.07) is 6.10. The molecule has 1 N–H and O–H groups in total. The maximum atomic E-state index is 11.4. The molecule has 0 aromatic heterocycles. The van der Waals surface area contributed by atoms with E-state index in [2.05, 4.69) is 17.4 Å². The summed E-state index contributed by atoms with van der Waals surface area (Å²) in [6.45, 7) is 1.99. The van der Waals surface area contributed by atoms with Gasteiger partial charge in [-0.25, -0.2) is 0 Å². The van der Waals surface area contributed by atoms with E-state index in [9.17, 15) is 4.79 Å². The summed E-state index contributed by atoms with van der Waals surface area (Å²) < 4.78 is 5.27. The average molecular weight is 237 g/mol. The molecule has 86 valence electrons. The van der Waals surface area contributed by atoms with Gasteiger partial charge in [0.1, 0.15) is 0 Å². The number of anilines is 1. The lowest BCUT2D eigenvalue weighted by Gasteiger charge is -2.13. The smallest absolute Gasteiger partial charge is 0.225 e. The first kappa shape index (κ1) is 11.5. The Kier molecular flexibility index (Phi) is 3.51. The van der Waals surface area contributed by atoms with Gasteiger partial charge < -0.3 is 10.1 Å². The van der Waals surface area contributed by atoms with Crippen LogP contribution in [-0.2, 0) is 9.53 Å². The van der Waals surface area contributed by atoms with Gasteiger partial charge in [0.2, 0.25) is 5.91 Å². The lowest BCUT2D eigenvalue weighted by atomic mass is 10.1. The topological polar surface area (TPSA) is 38.3 Å². The Bertz CT molecular complexity index is 406. The van der Waals surface area contributed by atoms with E-state index in [4.69, 9.17) is 4.74 Å². The number of carbonyl (C=O) groups is 1. The summed E-state index contributed by atoms with van der Waals surface area (Å²) in [5.74, 6) is 0.936. The van der Waals surface area contributed by atoms with Gasteiger partial charge in [-0.05, 0) is 24.6 Å². The normalized spacial score (nSPS) is 17.2. The van der Waals surface area contributed by atoms with Crippen molar-refractivity contribution in [1.82, 2.24) is 0 Å². The first-order valence-electron chi connectivity index (χ1n) is 5.30. The summed E-state index contributed by atoms with van der Waals surface area (Å²) in [6.07, 6.45) is 0.629. The van der Waals surface area contributed by atoms with Crippen LogP contribution in [0.1, 0.15) is 25.0 Å². The van der Waals surface area contributed by atoms with Gasteiger partial charge in [-0.2, -0.15) is 0 Å². The summed E-state index contributed by atoms with van der Waals surface area (Å²) >= 11 is 1.72. The van der Waals surface area contributed by atoms with Gasteiger partial charge >= 0.3 is 0 Å². The molecule has 1 atom stereocenters. The zero-order valence-electron chi connectivity index (χ0n) is 9.45. The van der Waals surface area contributed by atoms with Gasteiger partial charge in [0.15, 0.2) is 0 Å². The number of carbonyl (C=O) groups excluding carboxylic acids is 1. The molecule has 2 rings (SSSR count). The Labute approximate surface area is 99.6 Å². The molecule has 16 heavy (non-hydrogen) atoms. The number of methoxy groups -OCH3 is 1. The third-order valence-corrected chi connectivity index (χ3v) is 3.76. The Morgan fingerprint density at radius 2 is 2.31 bits per heavy atom. The molecule has 0 radical (unpaired) electrons. The van der Waals surface area contributed by atoms with Crippen LogP contribution >= 0.6 is 11.8 Å². The minimum atomic E-state index is 0.0513. The predicted molar refractivity (Wildman–Crippen MR) is 65.8 cm³/mol. The van der Waals surface area contributed by atoms with Crippen LogP contribution in [0.25, 0.3) is 0 Å². The van der Waals surface area contributed by atoms with Crippen molar-refractivity contribution in [2.45, 2.75) is 24.3 Å². The standard InChI is InChI=1S/C12H15NO2S/c1-8(15-2)9-3-4-11-10(7-9)13-12(14)5-6-16-11/h3-4,7-8H,5-6H2,1-2H3,(H,13,14). The molecule has 0 spiro atoms. The van der Waals surface area contributed by atoms with Gasteiger partial charge in [-0.15, -0.1) is 11.8 Å². The number of rotatable bonds is 2. The molecule has 1 heterocycles.